The summed E-state index contributed by atoms with van der Waals surface area (Å²) in [5.41, 5.74) is 7.23. The second kappa shape index (κ2) is 5.99. The van der Waals surface area contributed by atoms with Crippen molar-refractivity contribution in [1.82, 2.24) is 0 Å². The highest BCUT2D eigenvalue weighted by atomic mass is 35.5. The summed E-state index contributed by atoms with van der Waals surface area (Å²) in [7, 11) is 0. The smallest absolute Gasteiger partial charge is 0.0469 e. The molecule has 0 aromatic heterocycles. The van der Waals surface area contributed by atoms with Crippen molar-refractivity contribution >= 4 is 34.6 Å². The zero-order valence-corrected chi connectivity index (χ0v) is 9.35. The van der Waals surface area contributed by atoms with Gasteiger partial charge in [0.1, 0.15) is 0 Å². The average molecular weight is 232 g/mol. The highest BCUT2D eigenvalue weighted by Gasteiger charge is 2.05. The van der Waals surface area contributed by atoms with Gasteiger partial charge in [0.05, 0.1) is 0 Å². The van der Waals surface area contributed by atoms with E-state index in [9.17, 15) is 0 Å². The summed E-state index contributed by atoms with van der Waals surface area (Å²) in [5, 5.41) is 0. The van der Waals surface area contributed by atoms with Gasteiger partial charge in [-0.1, -0.05) is 6.07 Å². The summed E-state index contributed by atoms with van der Waals surface area (Å²) < 4.78 is 0. The highest BCUT2D eigenvalue weighted by Crippen LogP contribution is 2.16. The minimum absolute atomic E-state index is 0.569. The minimum Gasteiger partial charge on any atom is -0.398 e. The SMILES string of the molecule is Nc1[c]c(N(CCCl)CCCl)ccc1. The van der Waals surface area contributed by atoms with Crippen LogP contribution in [0, 0.1) is 6.07 Å². The second-order valence-corrected chi connectivity index (χ2v) is 3.61. The summed E-state index contributed by atoms with van der Waals surface area (Å²) in [6, 6.07) is 8.73. The third-order valence-electron chi connectivity index (χ3n) is 1.85. The summed E-state index contributed by atoms with van der Waals surface area (Å²) in [4.78, 5) is 2.07. The van der Waals surface area contributed by atoms with Gasteiger partial charge in [0, 0.05) is 42.3 Å². The lowest BCUT2D eigenvalue weighted by Crippen LogP contribution is -2.27. The molecule has 1 rings (SSSR count). The first-order valence-corrected chi connectivity index (χ1v) is 5.49. The molecule has 1 aromatic carbocycles. The molecular formula is C10H13Cl2N2. The molecule has 0 spiro atoms. The van der Waals surface area contributed by atoms with Gasteiger partial charge in [0.15, 0.2) is 0 Å². The van der Waals surface area contributed by atoms with Crippen molar-refractivity contribution in [2.75, 3.05) is 35.5 Å². The first-order valence-electron chi connectivity index (χ1n) is 4.42. The van der Waals surface area contributed by atoms with Gasteiger partial charge < -0.3 is 10.6 Å². The number of nitrogen functional groups attached to an aromatic ring is 1. The molecule has 77 valence electrons. The Bertz CT molecular complexity index is 273. The number of alkyl halides is 2. The monoisotopic (exact) mass is 231 g/mol. The third-order valence-corrected chi connectivity index (χ3v) is 2.19. The van der Waals surface area contributed by atoms with Crippen molar-refractivity contribution in [2.24, 2.45) is 0 Å². The van der Waals surface area contributed by atoms with E-state index in [0.29, 0.717) is 17.4 Å². The Kier molecular flexibility index (Phi) is 4.91. The molecule has 2 N–H and O–H groups in total. The predicted octanol–water partition coefficient (Wildman–Crippen LogP) is 2.35. The number of anilines is 2. The fraction of sp³-hybridized carbons (Fsp3) is 0.400. The molecule has 0 saturated heterocycles. The Morgan fingerprint density at radius 1 is 1.21 bits per heavy atom. The molecule has 0 atom stereocenters. The van der Waals surface area contributed by atoms with Crippen LogP contribution in [0.4, 0.5) is 11.4 Å². The summed E-state index contributed by atoms with van der Waals surface area (Å²) in [6.07, 6.45) is 0. The van der Waals surface area contributed by atoms with E-state index >= 15 is 0 Å². The topological polar surface area (TPSA) is 29.3 Å². The molecule has 1 radical (unpaired) electrons. The maximum Gasteiger partial charge on any atom is 0.0469 e. The average Bonchev–Trinajstić information content (AvgIpc) is 2.17. The maximum atomic E-state index is 5.69. The number of hydrogen-bond acceptors (Lipinski definition) is 2. The molecule has 0 aliphatic carbocycles. The molecule has 0 bridgehead atoms. The van der Waals surface area contributed by atoms with Crippen LogP contribution >= 0.6 is 23.2 Å². The molecule has 0 fully saturated rings. The molecule has 0 aliphatic rings. The van der Waals surface area contributed by atoms with Crippen LogP contribution in [-0.2, 0) is 0 Å². The minimum atomic E-state index is 0.569. The van der Waals surface area contributed by atoms with E-state index in [0.717, 1.165) is 18.8 Å². The number of nitrogens with two attached hydrogens (primary N) is 1. The highest BCUT2D eigenvalue weighted by molar-refractivity contribution is 6.18. The fourth-order valence-electron chi connectivity index (χ4n) is 1.22. The van der Waals surface area contributed by atoms with Crippen LogP contribution in [0.15, 0.2) is 18.2 Å². The van der Waals surface area contributed by atoms with Gasteiger partial charge in [-0.25, -0.2) is 0 Å². The zero-order valence-electron chi connectivity index (χ0n) is 7.84. The van der Waals surface area contributed by atoms with Crippen LogP contribution in [0.2, 0.25) is 0 Å². The van der Waals surface area contributed by atoms with Gasteiger partial charge in [0.25, 0.3) is 0 Å². The number of hydrogen-bond donors (Lipinski definition) is 1. The van der Waals surface area contributed by atoms with Crippen LogP contribution < -0.4 is 10.6 Å². The number of nitrogens with zero attached hydrogens (tertiary/aromatic N) is 1. The Morgan fingerprint density at radius 2 is 1.86 bits per heavy atom. The Labute approximate surface area is 94.6 Å². The zero-order chi connectivity index (χ0) is 10.4. The van der Waals surface area contributed by atoms with Crippen LogP contribution in [0.3, 0.4) is 0 Å². The summed E-state index contributed by atoms with van der Waals surface area (Å²) in [5.74, 6) is 1.14. The molecule has 1 aromatic rings. The quantitative estimate of drug-likeness (QED) is 0.623. The molecular weight excluding hydrogens is 219 g/mol. The number of halogens is 2. The van der Waals surface area contributed by atoms with E-state index in [1.807, 2.05) is 18.2 Å². The van der Waals surface area contributed by atoms with Gasteiger partial charge in [0.2, 0.25) is 0 Å². The molecule has 0 unspecified atom stereocenters. The standard InChI is InChI=1S/C10H13Cl2N2/c11-4-6-14(7-5-12)10-3-1-2-9(13)8-10/h1-3H,4-7,13H2. The van der Waals surface area contributed by atoms with Gasteiger partial charge >= 0.3 is 0 Å². The first-order chi connectivity index (χ1) is 6.77. The molecule has 0 amide bonds. The lowest BCUT2D eigenvalue weighted by atomic mass is 10.2. The summed E-state index contributed by atoms with van der Waals surface area (Å²) >= 11 is 11.4. The van der Waals surface area contributed by atoms with Crippen molar-refractivity contribution in [3.05, 3.63) is 24.3 Å². The largest absolute Gasteiger partial charge is 0.398 e. The Balaban J connectivity index is 2.75. The predicted molar refractivity (Wildman–Crippen MR) is 63.3 cm³/mol. The number of benzene rings is 1. The molecule has 4 heteroatoms. The lowest BCUT2D eigenvalue weighted by Gasteiger charge is -2.22. The molecule has 14 heavy (non-hydrogen) atoms. The fourth-order valence-corrected chi connectivity index (χ4v) is 1.62. The van der Waals surface area contributed by atoms with Gasteiger partial charge in [-0.05, 0) is 12.1 Å². The normalized spacial score (nSPS) is 10.1. The van der Waals surface area contributed by atoms with E-state index < -0.39 is 0 Å². The van der Waals surface area contributed by atoms with E-state index in [-0.39, 0.29) is 0 Å². The van der Waals surface area contributed by atoms with E-state index in [1.54, 1.807) is 0 Å². The van der Waals surface area contributed by atoms with Crippen LogP contribution in [0.25, 0.3) is 0 Å². The van der Waals surface area contributed by atoms with Crippen molar-refractivity contribution in [1.29, 1.82) is 0 Å². The van der Waals surface area contributed by atoms with Crippen molar-refractivity contribution in [3.63, 3.8) is 0 Å². The van der Waals surface area contributed by atoms with E-state index in [4.69, 9.17) is 28.9 Å². The van der Waals surface area contributed by atoms with E-state index in [1.165, 1.54) is 0 Å². The molecule has 2 nitrogen and oxygen atoms in total. The van der Waals surface area contributed by atoms with Crippen LogP contribution in [-0.4, -0.2) is 24.8 Å². The Morgan fingerprint density at radius 3 is 2.36 bits per heavy atom. The van der Waals surface area contributed by atoms with Crippen molar-refractivity contribution in [3.8, 4) is 0 Å². The third kappa shape index (κ3) is 3.28. The molecule has 0 aliphatic heterocycles. The van der Waals surface area contributed by atoms with Gasteiger partial charge in [-0.2, -0.15) is 0 Å². The molecule has 0 heterocycles. The van der Waals surface area contributed by atoms with Crippen molar-refractivity contribution in [2.45, 2.75) is 0 Å². The molecule has 0 saturated carbocycles. The second-order valence-electron chi connectivity index (χ2n) is 2.86. The van der Waals surface area contributed by atoms with Gasteiger partial charge in [-0.15, -0.1) is 23.2 Å². The lowest BCUT2D eigenvalue weighted by molar-refractivity contribution is 0.873. The van der Waals surface area contributed by atoms with Crippen molar-refractivity contribution < 1.29 is 0 Å². The van der Waals surface area contributed by atoms with Crippen LogP contribution in [0.5, 0.6) is 0 Å². The Hall–Kier alpha value is -0.600. The van der Waals surface area contributed by atoms with E-state index in [2.05, 4.69) is 11.0 Å². The first kappa shape index (κ1) is 11.5. The number of rotatable bonds is 5. The maximum absolute atomic E-state index is 5.69. The van der Waals surface area contributed by atoms with Crippen LogP contribution in [0.1, 0.15) is 0 Å². The summed E-state index contributed by atoms with van der Waals surface area (Å²) in [6.45, 7) is 1.52. The van der Waals surface area contributed by atoms with Gasteiger partial charge in [-0.3, -0.25) is 0 Å².